The summed E-state index contributed by atoms with van der Waals surface area (Å²) in [6.45, 7) is 0. The first-order valence-corrected chi connectivity index (χ1v) is 5.57. The summed E-state index contributed by atoms with van der Waals surface area (Å²) in [5.41, 5.74) is 0. The van der Waals surface area contributed by atoms with Gasteiger partial charge in [0.1, 0.15) is 18.0 Å². The highest BCUT2D eigenvalue weighted by Crippen LogP contribution is 2.23. The number of carbonyl (C=O) groups excluding carboxylic acids is 1. The lowest BCUT2D eigenvalue weighted by Crippen LogP contribution is -2.36. The van der Waals surface area contributed by atoms with Crippen LogP contribution in [0.15, 0.2) is 30.3 Å². The van der Waals surface area contributed by atoms with E-state index in [1.807, 2.05) is 30.3 Å². The third kappa shape index (κ3) is 2.61. The third-order valence-corrected chi connectivity index (χ3v) is 2.88. The van der Waals surface area contributed by atoms with Crippen LogP contribution < -0.4 is 4.74 Å². The minimum atomic E-state index is -0.289. The van der Waals surface area contributed by atoms with E-state index in [0.717, 1.165) is 12.2 Å². The molecule has 1 fully saturated rings. The fourth-order valence-electron chi connectivity index (χ4n) is 1.98. The Balaban J connectivity index is 1.94. The summed E-state index contributed by atoms with van der Waals surface area (Å²) < 4.78 is 10.9. The van der Waals surface area contributed by atoms with Crippen LogP contribution >= 0.6 is 0 Å². The standard InChI is InChI=1S/C13H16O3/c1-15-13-9-11(7-8-12(13)14)16-10-5-3-2-4-6-10/h2-6,11,13H,7-9H2,1H3. The number of ether oxygens (including phenoxy) is 2. The van der Waals surface area contributed by atoms with Gasteiger partial charge in [-0.15, -0.1) is 0 Å². The van der Waals surface area contributed by atoms with Gasteiger partial charge in [-0.25, -0.2) is 0 Å². The van der Waals surface area contributed by atoms with Gasteiger partial charge in [0.05, 0.1) is 0 Å². The van der Waals surface area contributed by atoms with Crippen molar-refractivity contribution in [2.45, 2.75) is 31.5 Å². The molecule has 1 aliphatic carbocycles. The van der Waals surface area contributed by atoms with E-state index in [4.69, 9.17) is 9.47 Å². The zero-order valence-corrected chi connectivity index (χ0v) is 9.39. The van der Waals surface area contributed by atoms with Crippen molar-refractivity contribution in [3.8, 4) is 5.75 Å². The second kappa shape index (κ2) is 5.12. The van der Waals surface area contributed by atoms with E-state index in [-0.39, 0.29) is 18.0 Å². The highest BCUT2D eigenvalue weighted by atomic mass is 16.5. The Morgan fingerprint density at radius 3 is 2.69 bits per heavy atom. The fourth-order valence-corrected chi connectivity index (χ4v) is 1.98. The van der Waals surface area contributed by atoms with E-state index in [0.29, 0.717) is 12.8 Å². The molecule has 1 aromatic carbocycles. The number of rotatable bonds is 3. The number of ketones is 1. The molecule has 0 N–H and O–H groups in total. The molecule has 1 aromatic rings. The lowest BCUT2D eigenvalue weighted by molar-refractivity contribution is -0.134. The van der Waals surface area contributed by atoms with Crippen molar-refractivity contribution in [2.75, 3.05) is 7.11 Å². The summed E-state index contributed by atoms with van der Waals surface area (Å²) in [4.78, 5) is 11.4. The predicted octanol–water partition coefficient (Wildman–Crippen LogP) is 2.20. The van der Waals surface area contributed by atoms with Crippen LogP contribution in [0.1, 0.15) is 19.3 Å². The molecule has 3 heteroatoms. The van der Waals surface area contributed by atoms with Crippen LogP contribution in [0.4, 0.5) is 0 Å². The van der Waals surface area contributed by atoms with Gasteiger partial charge in [0.15, 0.2) is 5.78 Å². The molecule has 2 rings (SSSR count). The van der Waals surface area contributed by atoms with Crippen molar-refractivity contribution in [3.05, 3.63) is 30.3 Å². The summed E-state index contributed by atoms with van der Waals surface area (Å²) in [5.74, 6) is 1.05. The first-order chi connectivity index (χ1) is 7.79. The zero-order chi connectivity index (χ0) is 11.4. The molecular formula is C13H16O3. The number of methoxy groups -OCH3 is 1. The second-order valence-corrected chi connectivity index (χ2v) is 4.02. The molecule has 3 nitrogen and oxygen atoms in total. The highest BCUT2D eigenvalue weighted by Gasteiger charge is 2.29. The predicted molar refractivity (Wildman–Crippen MR) is 60.5 cm³/mol. The maximum atomic E-state index is 11.4. The average Bonchev–Trinajstić information content (AvgIpc) is 2.33. The van der Waals surface area contributed by atoms with Crippen LogP contribution in [-0.4, -0.2) is 25.1 Å². The lowest BCUT2D eigenvalue weighted by Gasteiger charge is -2.27. The average molecular weight is 220 g/mol. The van der Waals surface area contributed by atoms with E-state index in [1.54, 1.807) is 7.11 Å². The normalized spacial score (nSPS) is 25.4. The van der Waals surface area contributed by atoms with Crippen molar-refractivity contribution in [1.29, 1.82) is 0 Å². The number of hydrogen-bond donors (Lipinski definition) is 0. The van der Waals surface area contributed by atoms with Gasteiger partial charge in [-0.2, -0.15) is 0 Å². The van der Waals surface area contributed by atoms with Gasteiger partial charge in [0.25, 0.3) is 0 Å². The molecule has 0 spiro atoms. The molecule has 0 aliphatic heterocycles. The van der Waals surface area contributed by atoms with Crippen molar-refractivity contribution in [1.82, 2.24) is 0 Å². The summed E-state index contributed by atoms with van der Waals surface area (Å²) in [6, 6.07) is 9.69. The lowest BCUT2D eigenvalue weighted by atomic mass is 9.93. The van der Waals surface area contributed by atoms with E-state index in [2.05, 4.69) is 0 Å². The largest absolute Gasteiger partial charge is 0.490 e. The molecule has 1 saturated carbocycles. The van der Waals surface area contributed by atoms with Gasteiger partial charge in [0.2, 0.25) is 0 Å². The Morgan fingerprint density at radius 1 is 1.25 bits per heavy atom. The van der Waals surface area contributed by atoms with Gasteiger partial charge < -0.3 is 9.47 Å². The van der Waals surface area contributed by atoms with Crippen molar-refractivity contribution < 1.29 is 14.3 Å². The van der Waals surface area contributed by atoms with Gasteiger partial charge in [-0.1, -0.05) is 18.2 Å². The molecule has 0 radical (unpaired) electrons. The number of Topliss-reactive ketones (excluding diaryl/α,β-unsaturated/α-hetero) is 1. The van der Waals surface area contributed by atoms with Crippen LogP contribution in [0.2, 0.25) is 0 Å². The summed E-state index contributed by atoms with van der Waals surface area (Å²) >= 11 is 0. The van der Waals surface area contributed by atoms with E-state index >= 15 is 0 Å². The molecule has 0 bridgehead atoms. The Labute approximate surface area is 95.4 Å². The molecule has 0 amide bonds. The molecular weight excluding hydrogens is 204 g/mol. The maximum Gasteiger partial charge on any atom is 0.161 e. The Morgan fingerprint density at radius 2 is 2.00 bits per heavy atom. The number of benzene rings is 1. The quantitative estimate of drug-likeness (QED) is 0.783. The number of para-hydroxylation sites is 1. The van der Waals surface area contributed by atoms with Crippen molar-refractivity contribution in [2.24, 2.45) is 0 Å². The minimum Gasteiger partial charge on any atom is -0.490 e. The van der Waals surface area contributed by atoms with Crippen molar-refractivity contribution >= 4 is 5.78 Å². The third-order valence-electron chi connectivity index (χ3n) is 2.88. The highest BCUT2D eigenvalue weighted by molar-refractivity contribution is 5.83. The van der Waals surface area contributed by atoms with Crippen molar-refractivity contribution in [3.63, 3.8) is 0 Å². The van der Waals surface area contributed by atoms with Crippen LogP contribution in [0.3, 0.4) is 0 Å². The monoisotopic (exact) mass is 220 g/mol. The Bertz CT molecular complexity index is 347. The summed E-state index contributed by atoms with van der Waals surface area (Å²) in [5, 5.41) is 0. The number of hydrogen-bond acceptors (Lipinski definition) is 3. The molecule has 2 unspecified atom stereocenters. The van der Waals surface area contributed by atoms with Gasteiger partial charge in [-0.3, -0.25) is 4.79 Å². The van der Waals surface area contributed by atoms with Gasteiger partial charge in [0, 0.05) is 20.0 Å². The van der Waals surface area contributed by atoms with E-state index < -0.39 is 0 Å². The molecule has 86 valence electrons. The molecule has 1 aliphatic rings. The summed E-state index contributed by atoms with van der Waals surface area (Å²) in [6.07, 6.45) is 1.79. The zero-order valence-electron chi connectivity index (χ0n) is 9.39. The molecule has 0 heterocycles. The van der Waals surface area contributed by atoms with Crippen LogP contribution in [0.25, 0.3) is 0 Å². The van der Waals surface area contributed by atoms with E-state index in [1.165, 1.54) is 0 Å². The smallest absolute Gasteiger partial charge is 0.161 e. The van der Waals surface area contributed by atoms with E-state index in [9.17, 15) is 4.79 Å². The minimum absolute atomic E-state index is 0.0880. The molecule has 0 aromatic heterocycles. The maximum absolute atomic E-state index is 11.4. The Hall–Kier alpha value is -1.35. The first-order valence-electron chi connectivity index (χ1n) is 5.57. The summed E-state index contributed by atoms with van der Waals surface area (Å²) in [7, 11) is 1.58. The fraction of sp³-hybridized carbons (Fsp3) is 0.462. The molecule has 16 heavy (non-hydrogen) atoms. The second-order valence-electron chi connectivity index (χ2n) is 4.02. The van der Waals surface area contributed by atoms with Crippen LogP contribution in [0, 0.1) is 0 Å². The topological polar surface area (TPSA) is 35.5 Å². The van der Waals surface area contributed by atoms with Crippen LogP contribution in [-0.2, 0) is 9.53 Å². The molecule has 2 atom stereocenters. The SMILES string of the molecule is COC1CC(Oc2ccccc2)CCC1=O. The van der Waals surface area contributed by atoms with Gasteiger partial charge >= 0.3 is 0 Å². The Kier molecular flexibility index (Phi) is 3.57. The van der Waals surface area contributed by atoms with Gasteiger partial charge in [-0.05, 0) is 18.6 Å². The molecule has 0 saturated heterocycles. The van der Waals surface area contributed by atoms with Crippen LogP contribution in [0.5, 0.6) is 5.75 Å². The first kappa shape index (κ1) is 11.1. The number of carbonyl (C=O) groups is 1.